The van der Waals surface area contributed by atoms with Crippen LogP contribution in [0, 0.1) is 6.92 Å². The van der Waals surface area contributed by atoms with Crippen molar-refractivity contribution >= 4 is 28.3 Å². The van der Waals surface area contributed by atoms with E-state index in [4.69, 9.17) is 0 Å². The molecule has 0 aliphatic heterocycles. The Balaban J connectivity index is 1.86. The summed E-state index contributed by atoms with van der Waals surface area (Å²) in [5, 5.41) is 4.92. The van der Waals surface area contributed by atoms with Gasteiger partial charge >= 0.3 is 0 Å². The van der Waals surface area contributed by atoms with Crippen LogP contribution in [0.4, 0.5) is 0 Å². The molecule has 1 heterocycles. The van der Waals surface area contributed by atoms with Crippen LogP contribution in [0.3, 0.4) is 0 Å². The molecule has 1 aromatic heterocycles. The number of Topliss-reactive ketones (excluding diaryl/α,β-unsaturated/α-hetero) is 1. The zero-order valence-electron chi connectivity index (χ0n) is 12.4. The highest BCUT2D eigenvalue weighted by Gasteiger charge is 2.16. The van der Waals surface area contributed by atoms with Crippen LogP contribution in [0.15, 0.2) is 35.4 Å². The topological polar surface area (TPSA) is 71.4 Å². The molecule has 0 spiro atoms. The number of benzene rings is 1. The number of amides is 1. The first-order chi connectivity index (χ1) is 10.6. The molecule has 5 heteroatoms. The number of ketones is 1. The fourth-order valence-corrected chi connectivity index (χ4v) is 2.68. The first kappa shape index (κ1) is 14.4. The van der Waals surface area contributed by atoms with Crippen LogP contribution in [0.1, 0.15) is 41.7 Å². The van der Waals surface area contributed by atoms with Gasteiger partial charge in [-0.2, -0.15) is 5.10 Å². The lowest BCUT2D eigenvalue weighted by molar-refractivity contribution is -0.118. The number of para-hydroxylation sites is 1. The fourth-order valence-electron chi connectivity index (χ4n) is 2.68. The number of rotatable bonds is 2. The molecule has 0 bridgehead atoms. The highest BCUT2D eigenvalue weighted by Crippen LogP contribution is 2.18. The average Bonchev–Trinajstić information content (AvgIpc) is 2.52. The third-order valence-electron chi connectivity index (χ3n) is 3.73. The summed E-state index contributed by atoms with van der Waals surface area (Å²) in [6.07, 6.45) is 2.53. The quantitative estimate of drug-likeness (QED) is 0.866. The number of carbonyl (C=O) groups excluding carboxylic acids is 2. The summed E-state index contributed by atoms with van der Waals surface area (Å²) in [4.78, 5) is 28.2. The predicted octanol–water partition coefficient (Wildman–Crippen LogP) is 2.77. The Bertz CT molecular complexity index is 781. The maximum Gasteiger partial charge on any atom is 0.272 e. The van der Waals surface area contributed by atoms with E-state index in [9.17, 15) is 9.59 Å². The van der Waals surface area contributed by atoms with Crippen LogP contribution in [0.2, 0.25) is 0 Å². The first-order valence-electron chi connectivity index (χ1n) is 7.37. The maximum atomic E-state index is 12.4. The lowest BCUT2D eigenvalue weighted by Gasteiger charge is -2.12. The standard InChI is InChI=1S/C17H17N3O2/c1-11-9-15(14-7-2-3-8-16(14)18-11)17(22)20-19-12-5-4-6-13(21)10-12/h2-3,7-9H,4-6,10H2,1H3,(H,20,22)/b19-12-. The highest BCUT2D eigenvalue weighted by atomic mass is 16.2. The Hall–Kier alpha value is -2.56. The molecular formula is C17H17N3O2. The van der Waals surface area contributed by atoms with E-state index in [1.54, 1.807) is 6.07 Å². The smallest absolute Gasteiger partial charge is 0.272 e. The number of hydrogen-bond donors (Lipinski definition) is 1. The molecule has 1 aliphatic carbocycles. The van der Waals surface area contributed by atoms with Crippen LogP contribution in [0.5, 0.6) is 0 Å². The largest absolute Gasteiger partial charge is 0.299 e. The van der Waals surface area contributed by atoms with E-state index in [0.717, 1.165) is 35.2 Å². The Labute approximate surface area is 128 Å². The Morgan fingerprint density at radius 2 is 2.09 bits per heavy atom. The second-order valence-electron chi connectivity index (χ2n) is 5.52. The predicted molar refractivity (Wildman–Crippen MR) is 84.9 cm³/mol. The number of hydrogen-bond acceptors (Lipinski definition) is 4. The summed E-state index contributed by atoms with van der Waals surface area (Å²) in [6.45, 7) is 1.86. The van der Waals surface area contributed by atoms with Crippen molar-refractivity contribution < 1.29 is 9.59 Å². The molecule has 0 radical (unpaired) electrons. The second-order valence-corrected chi connectivity index (χ2v) is 5.52. The third kappa shape index (κ3) is 3.03. The van der Waals surface area contributed by atoms with Crippen LogP contribution < -0.4 is 5.43 Å². The molecule has 5 nitrogen and oxygen atoms in total. The molecule has 0 saturated heterocycles. The zero-order chi connectivity index (χ0) is 15.5. The molecule has 2 aromatic rings. The van der Waals surface area contributed by atoms with Crippen LogP contribution in [-0.2, 0) is 4.79 Å². The average molecular weight is 295 g/mol. The van der Waals surface area contributed by atoms with Gasteiger partial charge in [0.2, 0.25) is 0 Å². The molecule has 112 valence electrons. The van der Waals surface area contributed by atoms with Gasteiger partial charge in [-0.1, -0.05) is 18.2 Å². The third-order valence-corrected chi connectivity index (χ3v) is 3.73. The minimum atomic E-state index is -0.271. The van der Waals surface area contributed by atoms with Crippen LogP contribution in [-0.4, -0.2) is 22.4 Å². The molecule has 0 unspecified atom stereocenters. The van der Waals surface area contributed by atoms with Crippen molar-refractivity contribution in [3.63, 3.8) is 0 Å². The summed E-state index contributed by atoms with van der Waals surface area (Å²) in [5.41, 5.74) is 5.44. The number of nitrogens with zero attached hydrogens (tertiary/aromatic N) is 2. The number of carbonyl (C=O) groups is 2. The lowest BCUT2D eigenvalue weighted by Crippen LogP contribution is -2.23. The van der Waals surface area contributed by atoms with Crippen LogP contribution in [0.25, 0.3) is 10.9 Å². The SMILES string of the molecule is Cc1cc(C(=O)N/N=C2/CCCC(=O)C2)c2ccccc2n1. The fraction of sp³-hybridized carbons (Fsp3) is 0.294. The number of nitrogens with one attached hydrogen (secondary N) is 1. The van der Waals surface area contributed by atoms with Gasteiger partial charge in [0.05, 0.1) is 11.1 Å². The van der Waals surface area contributed by atoms with E-state index in [0.29, 0.717) is 18.4 Å². The summed E-state index contributed by atoms with van der Waals surface area (Å²) < 4.78 is 0. The lowest BCUT2D eigenvalue weighted by atomic mass is 9.97. The van der Waals surface area contributed by atoms with Crippen molar-refractivity contribution in [1.82, 2.24) is 10.4 Å². The molecule has 3 rings (SSSR count). The van der Waals surface area contributed by atoms with E-state index >= 15 is 0 Å². The summed E-state index contributed by atoms with van der Waals surface area (Å²) in [5.74, 6) is -0.0864. The summed E-state index contributed by atoms with van der Waals surface area (Å²) in [7, 11) is 0. The first-order valence-corrected chi connectivity index (χ1v) is 7.37. The van der Waals surface area contributed by atoms with E-state index in [1.807, 2.05) is 31.2 Å². The van der Waals surface area contributed by atoms with Gasteiger partial charge in [0.25, 0.3) is 5.91 Å². The molecule has 1 aliphatic rings. The van der Waals surface area contributed by atoms with Crippen molar-refractivity contribution in [3.8, 4) is 0 Å². The van der Waals surface area contributed by atoms with Crippen molar-refractivity contribution in [2.45, 2.75) is 32.6 Å². The Morgan fingerprint density at radius 3 is 2.91 bits per heavy atom. The van der Waals surface area contributed by atoms with E-state index in [2.05, 4.69) is 15.5 Å². The molecule has 1 aromatic carbocycles. The summed E-state index contributed by atoms with van der Waals surface area (Å²) >= 11 is 0. The van der Waals surface area contributed by atoms with Gasteiger partial charge in [0.15, 0.2) is 0 Å². The van der Waals surface area contributed by atoms with Gasteiger partial charge in [-0.3, -0.25) is 14.6 Å². The van der Waals surface area contributed by atoms with Gasteiger partial charge in [-0.05, 0) is 31.9 Å². The molecule has 1 N–H and O–H groups in total. The molecule has 1 saturated carbocycles. The second kappa shape index (κ2) is 6.05. The molecular weight excluding hydrogens is 278 g/mol. The van der Waals surface area contributed by atoms with E-state index in [1.165, 1.54) is 0 Å². The van der Waals surface area contributed by atoms with Gasteiger partial charge in [0.1, 0.15) is 5.78 Å². The van der Waals surface area contributed by atoms with Crippen molar-refractivity contribution in [3.05, 3.63) is 41.6 Å². The van der Waals surface area contributed by atoms with Crippen molar-refractivity contribution in [2.24, 2.45) is 5.10 Å². The number of aryl methyl sites for hydroxylation is 1. The number of pyridine rings is 1. The minimum Gasteiger partial charge on any atom is -0.299 e. The molecule has 1 fully saturated rings. The monoisotopic (exact) mass is 295 g/mol. The molecule has 1 amide bonds. The van der Waals surface area contributed by atoms with Gasteiger partial charge in [-0.15, -0.1) is 0 Å². The minimum absolute atomic E-state index is 0.185. The highest BCUT2D eigenvalue weighted by molar-refractivity contribution is 6.08. The van der Waals surface area contributed by atoms with E-state index in [-0.39, 0.29) is 11.7 Å². The Morgan fingerprint density at radius 1 is 1.27 bits per heavy atom. The number of aromatic nitrogens is 1. The molecule has 0 atom stereocenters. The Kier molecular flexibility index (Phi) is 3.96. The zero-order valence-corrected chi connectivity index (χ0v) is 12.4. The van der Waals surface area contributed by atoms with Gasteiger partial charge in [-0.25, -0.2) is 5.43 Å². The molecule has 22 heavy (non-hydrogen) atoms. The normalized spacial score (nSPS) is 17.0. The van der Waals surface area contributed by atoms with Gasteiger partial charge < -0.3 is 0 Å². The number of fused-ring (bicyclic) bond motifs is 1. The van der Waals surface area contributed by atoms with Gasteiger partial charge in [0, 0.05) is 29.6 Å². The number of hydrazone groups is 1. The van der Waals surface area contributed by atoms with Crippen LogP contribution >= 0.6 is 0 Å². The maximum absolute atomic E-state index is 12.4. The summed E-state index contributed by atoms with van der Waals surface area (Å²) in [6, 6.07) is 9.27. The van der Waals surface area contributed by atoms with Crippen molar-refractivity contribution in [1.29, 1.82) is 0 Å². The van der Waals surface area contributed by atoms with E-state index < -0.39 is 0 Å². The van der Waals surface area contributed by atoms with Crippen molar-refractivity contribution in [2.75, 3.05) is 0 Å².